The van der Waals surface area contributed by atoms with Gasteiger partial charge >= 0.3 is 5.97 Å². The number of aromatic nitrogens is 1. The van der Waals surface area contributed by atoms with Gasteiger partial charge in [-0.1, -0.05) is 0 Å². The van der Waals surface area contributed by atoms with E-state index in [2.05, 4.69) is 10.3 Å². The standard InChI is InChI=1S/C17H21N3O5/c1-9-7-10(2)18-14(22)13(9)15(23)20-5-3-17(4-6-20)11(16(24)25)8-12(21)19-17/h7,11H,3-6,8H2,1-2H3,(H,18,22)(H,19,21)(H,24,25). The number of H-pyrrole nitrogens is 1. The van der Waals surface area contributed by atoms with Crippen molar-refractivity contribution in [1.82, 2.24) is 15.2 Å². The van der Waals surface area contributed by atoms with Gasteiger partial charge in [0.15, 0.2) is 0 Å². The van der Waals surface area contributed by atoms with E-state index < -0.39 is 23.0 Å². The molecule has 1 aromatic heterocycles. The molecule has 2 amide bonds. The van der Waals surface area contributed by atoms with E-state index in [0.29, 0.717) is 37.2 Å². The number of hydrogen-bond donors (Lipinski definition) is 3. The van der Waals surface area contributed by atoms with E-state index in [0.717, 1.165) is 0 Å². The third-order valence-corrected chi connectivity index (χ3v) is 5.26. The maximum absolute atomic E-state index is 12.7. The van der Waals surface area contributed by atoms with Crippen molar-refractivity contribution in [2.75, 3.05) is 13.1 Å². The molecule has 1 atom stereocenters. The Balaban J connectivity index is 1.79. The van der Waals surface area contributed by atoms with Crippen LogP contribution in [0.25, 0.3) is 0 Å². The zero-order valence-electron chi connectivity index (χ0n) is 14.2. The summed E-state index contributed by atoms with van der Waals surface area (Å²) in [6.45, 7) is 4.08. The molecule has 2 saturated heterocycles. The zero-order valence-corrected chi connectivity index (χ0v) is 14.2. The first kappa shape index (κ1) is 17.2. The minimum Gasteiger partial charge on any atom is -0.481 e. The van der Waals surface area contributed by atoms with Crippen LogP contribution in [0.15, 0.2) is 10.9 Å². The molecule has 3 heterocycles. The van der Waals surface area contributed by atoms with Crippen LogP contribution in [0.3, 0.4) is 0 Å². The number of amides is 2. The van der Waals surface area contributed by atoms with Crippen molar-refractivity contribution in [3.63, 3.8) is 0 Å². The third-order valence-electron chi connectivity index (χ3n) is 5.26. The second-order valence-corrected chi connectivity index (χ2v) is 6.93. The van der Waals surface area contributed by atoms with Gasteiger partial charge in [-0.25, -0.2) is 0 Å². The van der Waals surface area contributed by atoms with Gasteiger partial charge in [0.05, 0.1) is 11.5 Å². The van der Waals surface area contributed by atoms with Crippen LogP contribution in [0.4, 0.5) is 0 Å². The lowest BCUT2D eigenvalue weighted by atomic mass is 9.77. The quantitative estimate of drug-likeness (QED) is 0.705. The lowest BCUT2D eigenvalue weighted by Crippen LogP contribution is -2.56. The summed E-state index contributed by atoms with van der Waals surface area (Å²) in [5.41, 5.74) is 0.208. The minimum absolute atomic E-state index is 0.0278. The summed E-state index contributed by atoms with van der Waals surface area (Å²) >= 11 is 0. The Morgan fingerprint density at radius 3 is 2.44 bits per heavy atom. The van der Waals surface area contributed by atoms with Gasteiger partial charge in [0, 0.05) is 25.2 Å². The molecule has 8 heteroatoms. The number of rotatable bonds is 2. The second kappa shape index (κ2) is 6.02. The summed E-state index contributed by atoms with van der Waals surface area (Å²) < 4.78 is 0. The Labute approximate surface area is 144 Å². The van der Waals surface area contributed by atoms with Crippen LogP contribution in [0.1, 0.15) is 40.9 Å². The number of aromatic amines is 1. The highest BCUT2D eigenvalue weighted by Gasteiger charge is 2.52. The van der Waals surface area contributed by atoms with E-state index in [1.54, 1.807) is 24.8 Å². The van der Waals surface area contributed by atoms with Crippen LogP contribution in [0.5, 0.6) is 0 Å². The number of carboxylic acid groups (broad SMARTS) is 1. The van der Waals surface area contributed by atoms with Gasteiger partial charge in [-0.3, -0.25) is 19.2 Å². The summed E-state index contributed by atoms with van der Waals surface area (Å²) in [5, 5.41) is 12.2. The number of hydrogen-bond acceptors (Lipinski definition) is 4. The molecule has 0 bridgehead atoms. The van der Waals surface area contributed by atoms with E-state index in [4.69, 9.17) is 0 Å². The van der Waals surface area contributed by atoms with E-state index in [9.17, 15) is 24.3 Å². The molecule has 2 fully saturated rings. The van der Waals surface area contributed by atoms with Gasteiger partial charge in [0.2, 0.25) is 5.91 Å². The maximum atomic E-state index is 12.7. The maximum Gasteiger partial charge on any atom is 0.309 e. The van der Waals surface area contributed by atoms with Crippen molar-refractivity contribution in [2.24, 2.45) is 5.92 Å². The Morgan fingerprint density at radius 2 is 1.88 bits per heavy atom. The molecule has 3 rings (SSSR count). The average Bonchev–Trinajstić information content (AvgIpc) is 2.83. The van der Waals surface area contributed by atoms with E-state index in [1.165, 1.54) is 0 Å². The highest BCUT2D eigenvalue weighted by Crippen LogP contribution is 2.37. The molecule has 1 spiro atoms. The van der Waals surface area contributed by atoms with Crippen molar-refractivity contribution < 1.29 is 19.5 Å². The average molecular weight is 347 g/mol. The minimum atomic E-state index is -0.996. The van der Waals surface area contributed by atoms with E-state index >= 15 is 0 Å². The molecular weight excluding hydrogens is 326 g/mol. The van der Waals surface area contributed by atoms with Crippen LogP contribution in [0.2, 0.25) is 0 Å². The van der Waals surface area contributed by atoms with E-state index in [-0.39, 0.29) is 23.8 Å². The third kappa shape index (κ3) is 2.92. The Kier molecular flexibility index (Phi) is 4.14. The largest absolute Gasteiger partial charge is 0.481 e. The highest BCUT2D eigenvalue weighted by molar-refractivity contribution is 5.95. The van der Waals surface area contributed by atoms with Crippen molar-refractivity contribution >= 4 is 17.8 Å². The summed E-state index contributed by atoms with van der Waals surface area (Å²) in [4.78, 5) is 52.2. The number of piperidine rings is 1. The first-order valence-electron chi connectivity index (χ1n) is 8.27. The van der Waals surface area contributed by atoms with Gasteiger partial charge in [-0.05, 0) is 38.3 Å². The van der Waals surface area contributed by atoms with Crippen molar-refractivity contribution in [1.29, 1.82) is 0 Å². The fourth-order valence-electron chi connectivity index (χ4n) is 3.98. The number of likely N-dealkylation sites (tertiary alicyclic amines) is 1. The Hall–Kier alpha value is -2.64. The van der Waals surface area contributed by atoms with E-state index in [1.807, 2.05) is 0 Å². The molecule has 134 valence electrons. The number of carbonyl (C=O) groups is 3. The lowest BCUT2D eigenvalue weighted by molar-refractivity contribution is -0.144. The summed E-state index contributed by atoms with van der Waals surface area (Å²) in [6, 6.07) is 1.75. The smallest absolute Gasteiger partial charge is 0.309 e. The second-order valence-electron chi connectivity index (χ2n) is 6.93. The molecule has 8 nitrogen and oxygen atoms in total. The molecule has 1 unspecified atom stereocenters. The van der Waals surface area contributed by atoms with Gasteiger partial charge in [-0.2, -0.15) is 0 Å². The molecule has 0 radical (unpaired) electrons. The predicted octanol–water partition coefficient (Wildman–Crippen LogP) is 0.187. The number of pyridine rings is 1. The fourth-order valence-corrected chi connectivity index (χ4v) is 3.98. The Bertz CT molecular complexity index is 805. The monoisotopic (exact) mass is 347 g/mol. The number of carboxylic acids is 1. The van der Waals surface area contributed by atoms with Gasteiger partial charge < -0.3 is 20.3 Å². The van der Waals surface area contributed by atoms with Gasteiger partial charge in [0.1, 0.15) is 5.56 Å². The number of aryl methyl sites for hydroxylation is 2. The fraction of sp³-hybridized carbons (Fsp3) is 0.529. The number of carbonyl (C=O) groups excluding carboxylic acids is 2. The number of aliphatic carboxylic acids is 1. The molecule has 0 aromatic carbocycles. The van der Waals surface area contributed by atoms with Crippen LogP contribution in [-0.2, 0) is 9.59 Å². The van der Waals surface area contributed by atoms with Crippen molar-refractivity contribution in [3.8, 4) is 0 Å². The normalized spacial score (nSPS) is 22.1. The summed E-state index contributed by atoms with van der Waals surface area (Å²) in [6.07, 6.45) is 0.703. The summed E-state index contributed by atoms with van der Waals surface area (Å²) in [5.74, 6) is -2.39. The van der Waals surface area contributed by atoms with Crippen LogP contribution in [-0.4, -0.2) is 51.4 Å². The van der Waals surface area contributed by atoms with Gasteiger partial charge in [-0.15, -0.1) is 0 Å². The van der Waals surface area contributed by atoms with Gasteiger partial charge in [0.25, 0.3) is 11.5 Å². The predicted molar refractivity (Wildman–Crippen MR) is 88.3 cm³/mol. The first-order valence-corrected chi connectivity index (χ1v) is 8.27. The molecule has 2 aliphatic rings. The molecular formula is C17H21N3O5. The zero-order chi connectivity index (χ0) is 18.4. The number of nitrogens with zero attached hydrogens (tertiary/aromatic N) is 1. The molecule has 3 N–H and O–H groups in total. The molecule has 0 saturated carbocycles. The SMILES string of the molecule is Cc1cc(C)c(C(=O)N2CCC3(CC2)NC(=O)CC3C(=O)O)c(=O)[nH]1. The molecule has 25 heavy (non-hydrogen) atoms. The molecule has 0 aliphatic carbocycles. The molecule has 1 aromatic rings. The highest BCUT2D eigenvalue weighted by atomic mass is 16.4. The van der Waals surface area contributed by atoms with Crippen molar-refractivity contribution in [3.05, 3.63) is 33.2 Å². The van der Waals surface area contributed by atoms with Crippen molar-refractivity contribution in [2.45, 2.75) is 38.6 Å². The number of nitrogens with one attached hydrogen (secondary N) is 2. The Morgan fingerprint density at radius 1 is 1.24 bits per heavy atom. The first-order chi connectivity index (χ1) is 11.7. The summed E-state index contributed by atoms with van der Waals surface area (Å²) in [7, 11) is 0. The van der Waals surface area contributed by atoms with Crippen LogP contribution >= 0.6 is 0 Å². The van der Waals surface area contributed by atoms with Crippen LogP contribution < -0.4 is 10.9 Å². The lowest BCUT2D eigenvalue weighted by Gasteiger charge is -2.41. The molecule has 2 aliphatic heterocycles. The van der Waals surface area contributed by atoms with Crippen LogP contribution in [0, 0.1) is 19.8 Å². The topological polar surface area (TPSA) is 120 Å².